The molecule has 3 aromatic rings. The number of halogens is 1. The first-order chi connectivity index (χ1) is 9.65. The molecule has 0 bridgehead atoms. The number of rotatable bonds is 3. The van der Waals surface area contributed by atoms with Gasteiger partial charge in [-0.3, -0.25) is 9.20 Å². The predicted octanol–water partition coefficient (Wildman–Crippen LogP) is 2.68. The Hall–Kier alpha value is -1.92. The highest BCUT2D eigenvalue weighted by atomic mass is 35.5. The first-order valence-corrected chi connectivity index (χ1v) is 7.21. The number of thiazole rings is 1. The average Bonchev–Trinajstić information content (AvgIpc) is 2.97. The van der Waals surface area contributed by atoms with E-state index in [1.807, 2.05) is 24.6 Å². The SMILES string of the molecule is Cc1nc2sccn2c1C(=O)NCc1ccc(Cl)nc1. The van der Waals surface area contributed by atoms with Gasteiger partial charge in [0.25, 0.3) is 5.91 Å². The predicted molar refractivity (Wildman–Crippen MR) is 78.2 cm³/mol. The number of pyridine rings is 1. The van der Waals surface area contributed by atoms with Gasteiger partial charge in [-0.1, -0.05) is 17.7 Å². The number of hydrogen-bond acceptors (Lipinski definition) is 4. The number of nitrogens with zero attached hydrogens (tertiary/aromatic N) is 3. The molecule has 0 aliphatic carbocycles. The van der Waals surface area contributed by atoms with Crippen molar-refractivity contribution in [2.24, 2.45) is 0 Å². The highest BCUT2D eigenvalue weighted by Crippen LogP contribution is 2.16. The van der Waals surface area contributed by atoms with E-state index in [-0.39, 0.29) is 5.91 Å². The molecule has 0 aliphatic heterocycles. The second-order valence-corrected chi connectivity index (χ2v) is 5.53. The molecule has 3 heterocycles. The highest BCUT2D eigenvalue weighted by Gasteiger charge is 2.16. The Balaban J connectivity index is 1.77. The van der Waals surface area contributed by atoms with Crippen LogP contribution in [0.15, 0.2) is 29.9 Å². The van der Waals surface area contributed by atoms with Gasteiger partial charge >= 0.3 is 0 Å². The number of aromatic nitrogens is 3. The first-order valence-electron chi connectivity index (χ1n) is 5.96. The maximum Gasteiger partial charge on any atom is 0.270 e. The summed E-state index contributed by atoms with van der Waals surface area (Å²) in [5.41, 5.74) is 2.19. The number of fused-ring (bicyclic) bond motifs is 1. The summed E-state index contributed by atoms with van der Waals surface area (Å²) in [5, 5.41) is 5.21. The zero-order valence-electron chi connectivity index (χ0n) is 10.6. The van der Waals surface area contributed by atoms with Crippen LogP contribution in [-0.2, 0) is 6.54 Å². The van der Waals surface area contributed by atoms with Gasteiger partial charge in [-0.15, -0.1) is 11.3 Å². The van der Waals surface area contributed by atoms with Crippen molar-refractivity contribution in [3.8, 4) is 0 Å². The molecule has 0 spiro atoms. The standard InChI is InChI=1S/C13H11ClN4OS/c1-8-11(18-4-5-20-13(18)17-8)12(19)16-7-9-2-3-10(14)15-6-9/h2-6H,7H2,1H3,(H,16,19). The Morgan fingerprint density at radius 3 is 3.10 bits per heavy atom. The molecule has 1 N–H and O–H groups in total. The lowest BCUT2D eigenvalue weighted by Gasteiger charge is -2.05. The van der Waals surface area contributed by atoms with Crippen molar-refractivity contribution in [2.45, 2.75) is 13.5 Å². The first kappa shape index (κ1) is 13.1. The molecular weight excluding hydrogens is 296 g/mol. The number of imidazole rings is 1. The van der Waals surface area contributed by atoms with Crippen molar-refractivity contribution in [3.05, 3.63) is 52.0 Å². The molecule has 0 radical (unpaired) electrons. The summed E-state index contributed by atoms with van der Waals surface area (Å²) < 4.78 is 1.80. The van der Waals surface area contributed by atoms with Crippen molar-refractivity contribution in [3.63, 3.8) is 0 Å². The van der Waals surface area contributed by atoms with E-state index < -0.39 is 0 Å². The zero-order valence-corrected chi connectivity index (χ0v) is 12.2. The van der Waals surface area contributed by atoms with E-state index in [9.17, 15) is 4.79 Å². The lowest BCUT2D eigenvalue weighted by atomic mass is 10.2. The fraction of sp³-hybridized carbons (Fsp3) is 0.154. The minimum Gasteiger partial charge on any atom is -0.347 e. The van der Waals surface area contributed by atoms with Crippen LogP contribution in [-0.4, -0.2) is 20.3 Å². The fourth-order valence-corrected chi connectivity index (χ4v) is 2.82. The van der Waals surface area contributed by atoms with Gasteiger partial charge in [0, 0.05) is 24.3 Å². The molecular formula is C13H11ClN4OS. The lowest BCUT2D eigenvalue weighted by molar-refractivity contribution is 0.0944. The molecule has 20 heavy (non-hydrogen) atoms. The van der Waals surface area contributed by atoms with Crippen LogP contribution >= 0.6 is 22.9 Å². The fourth-order valence-electron chi connectivity index (χ4n) is 1.94. The molecule has 0 atom stereocenters. The quantitative estimate of drug-likeness (QED) is 0.757. The van der Waals surface area contributed by atoms with Gasteiger partial charge in [0.2, 0.25) is 0 Å². The maximum atomic E-state index is 12.3. The third kappa shape index (κ3) is 2.39. The molecule has 0 saturated heterocycles. The molecule has 0 aliphatic rings. The summed E-state index contributed by atoms with van der Waals surface area (Å²) >= 11 is 7.22. The van der Waals surface area contributed by atoms with Crippen LogP contribution in [0, 0.1) is 6.92 Å². The summed E-state index contributed by atoms with van der Waals surface area (Å²) in [7, 11) is 0. The Morgan fingerprint density at radius 1 is 1.50 bits per heavy atom. The molecule has 102 valence electrons. The third-order valence-corrected chi connectivity index (χ3v) is 3.87. The average molecular weight is 307 g/mol. The lowest BCUT2D eigenvalue weighted by Crippen LogP contribution is -2.24. The number of nitrogens with one attached hydrogen (secondary N) is 1. The number of amides is 1. The largest absolute Gasteiger partial charge is 0.347 e. The van der Waals surface area contributed by atoms with Crippen molar-refractivity contribution in [1.29, 1.82) is 0 Å². The van der Waals surface area contributed by atoms with Crippen molar-refractivity contribution < 1.29 is 4.79 Å². The maximum absolute atomic E-state index is 12.3. The highest BCUT2D eigenvalue weighted by molar-refractivity contribution is 7.15. The molecule has 5 nitrogen and oxygen atoms in total. The van der Waals surface area contributed by atoms with E-state index >= 15 is 0 Å². The van der Waals surface area contributed by atoms with E-state index in [0.29, 0.717) is 17.4 Å². The van der Waals surface area contributed by atoms with Crippen molar-refractivity contribution in [1.82, 2.24) is 19.7 Å². The van der Waals surface area contributed by atoms with Crippen LogP contribution in [0.5, 0.6) is 0 Å². The zero-order chi connectivity index (χ0) is 14.1. The van der Waals surface area contributed by atoms with Gasteiger partial charge in [0.05, 0.1) is 5.69 Å². The minimum absolute atomic E-state index is 0.150. The van der Waals surface area contributed by atoms with Crippen LogP contribution in [0.1, 0.15) is 21.7 Å². The van der Waals surface area contributed by atoms with Gasteiger partial charge in [0.1, 0.15) is 10.8 Å². The topological polar surface area (TPSA) is 59.3 Å². The van der Waals surface area contributed by atoms with Crippen molar-refractivity contribution >= 4 is 33.8 Å². The van der Waals surface area contributed by atoms with E-state index in [2.05, 4.69) is 15.3 Å². The monoisotopic (exact) mass is 306 g/mol. The second-order valence-electron chi connectivity index (χ2n) is 4.27. The smallest absolute Gasteiger partial charge is 0.270 e. The summed E-state index contributed by atoms with van der Waals surface area (Å²) in [5.74, 6) is -0.150. The van der Waals surface area contributed by atoms with Crippen molar-refractivity contribution in [2.75, 3.05) is 0 Å². The molecule has 0 unspecified atom stereocenters. The third-order valence-electron chi connectivity index (χ3n) is 2.89. The molecule has 1 amide bonds. The molecule has 7 heteroatoms. The summed E-state index contributed by atoms with van der Waals surface area (Å²) in [6.45, 7) is 2.23. The normalized spacial score (nSPS) is 10.9. The summed E-state index contributed by atoms with van der Waals surface area (Å²) in [4.78, 5) is 21.4. The molecule has 3 aromatic heterocycles. The van der Waals surface area contributed by atoms with Gasteiger partial charge in [-0.05, 0) is 18.6 Å². The molecule has 0 fully saturated rings. The number of carbonyl (C=O) groups is 1. The van der Waals surface area contributed by atoms with Crippen LogP contribution in [0.4, 0.5) is 0 Å². The number of aryl methyl sites for hydroxylation is 1. The summed E-state index contributed by atoms with van der Waals surface area (Å²) in [6.07, 6.45) is 3.49. The van der Waals surface area contributed by atoms with Crippen LogP contribution < -0.4 is 5.32 Å². The minimum atomic E-state index is -0.150. The van der Waals surface area contributed by atoms with E-state index in [4.69, 9.17) is 11.6 Å². The summed E-state index contributed by atoms with van der Waals surface area (Å²) in [6, 6.07) is 3.53. The Bertz CT molecular complexity index is 762. The number of hydrogen-bond donors (Lipinski definition) is 1. The van der Waals surface area contributed by atoms with E-state index in [0.717, 1.165) is 16.2 Å². The van der Waals surface area contributed by atoms with Crippen LogP contribution in [0.2, 0.25) is 5.15 Å². The Labute approximate surface area is 124 Å². The molecule has 0 saturated carbocycles. The van der Waals surface area contributed by atoms with Gasteiger partial charge in [-0.25, -0.2) is 9.97 Å². The van der Waals surface area contributed by atoms with Gasteiger partial charge in [0.15, 0.2) is 4.96 Å². The Morgan fingerprint density at radius 2 is 2.35 bits per heavy atom. The van der Waals surface area contributed by atoms with Crippen LogP contribution in [0.25, 0.3) is 4.96 Å². The van der Waals surface area contributed by atoms with E-state index in [1.54, 1.807) is 16.7 Å². The van der Waals surface area contributed by atoms with Crippen LogP contribution in [0.3, 0.4) is 0 Å². The molecule has 3 rings (SSSR count). The second kappa shape index (κ2) is 5.22. The Kier molecular flexibility index (Phi) is 3.42. The number of carbonyl (C=O) groups excluding carboxylic acids is 1. The molecule has 0 aromatic carbocycles. The van der Waals surface area contributed by atoms with Gasteiger partial charge in [-0.2, -0.15) is 0 Å². The van der Waals surface area contributed by atoms with Gasteiger partial charge < -0.3 is 5.32 Å². The van der Waals surface area contributed by atoms with E-state index in [1.165, 1.54) is 11.3 Å².